The van der Waals surface area contributed by atoms with Gasteiger partial charge in [0.2, 0.25) is 47.3 Å². The Balaban J connectivity index is 3.02. The summed E-state index contributed by atoms with van der Waals surface area (Å²) in [6, 6.07) is -6.41. The number of hydrogen-bond donors (Lipinski definition) is 2. The summed E-state index contributed by atoms with van der Waals surface area (Å²) < 4.78 is 28.5. The zero-order valence-corrected chi connectivity index (χ0v) is 59.0. The van der Waals surface area contributed by atoms with Crippen molar-refractivity contribution in [2.24, 2.45) is 29.6 Å². The second kappa shape index (κ2) is 36.3. The Hall–Kier alpha value is -6.93. The molecule has 1 aromatic carbocycles. The fourth-order valence-electron chi connectivity index (χ4n) is 11.3. The van der Waals surface area contributed by atoms with Crippen molar-refractivity contribution < 1.29 is 76.4 Å². The topological polar surface area (TPSA) is 284 Å². The highest BCUT2D eigenvalue weighted by Crippen LogP contribution is 2.25. The summed E-state index contributed by atoms with van der Waals surface area (Å²) in [7, 11) is 17.0. The predicted octanol–water partition coefficient (Wildman–Crippen LogP) is 2.57. The number of benzene rings is 1. The first-order chi connectivity index (χ1) is 42.3. The Morgan fingerprint density at radius 2 is 1.19 bits per heavy atom. The number of cyclic esters (lactones) is 1. The van der Waals surface area contributed by atoms with Gasteiger partial charge in [-0.1, -0.05) is 87.8 Å². The molecule has 0 radical (unpaired) electrons. The summed E-state index contributed by atoms with van der Waals surface area (Å²) in [5, 5.41) is 5.63. The lowest BCUT2D eigenvalue weighted by Crippen LogP contribution is -2.64. The van der Waals surface area contributed by atoms with Crippen molar-refractivity contribution in [3.05, 3.63) is 29.8 Å². The average molecular weight is 1290 g/mol. The number of likely N-dealkylation sites (N-methyl/N-ethyl adjacent to an activating group) is 8. The maximum absolute atomic E-state index is 15.6. The van der Waals surface area contributed by atoms with Crippen LogP contribution in [0.3, 0.4) is 0 Å². The van der Waals surface area contributed by atoms with Gasteiger partial charge in [0, 0.05) is 70.0 Å². The highest BCUT2D eigenvalue weighted by atomic mass is 16.6. The summed E-state index contributed by atoms with van der Waals surface area (Å²) in [6.07, 6.45) is -2.49. The first-order valence-electron chi connectivity index (χ1n) is 31.4. The van der Waals surface area contributed by atoms with Crippen molar-refractivity contribution >= 4 is 65.1 Å². The van der Waals surface area contributed by atoms with E-state index in [1.165, 1.54) is 101 Å². The van der Waals surface area contributed by atoms with E-state index < -0.39 is 156 Å². The molecule has 91 heavy (non-hydrogen) atoms. The number of carbonyl (C=O) groups excluding carboxylic acids is 11. The van der Waals surface area contributed by atoms with Gasteiger partial charge in [-0.2, -0.15) is 0 Å². The van der Waals surface area contributed by atoms with E-state index in [0.717, 1.165) is 24.5 Å². The van der Waals surface area contributed by atoms with Gasteiger partial charge in [-0.3, -0.25) is 52.8 Å². The van der Waals surface area contributed by atoms with Crippen LogP contribution in [0.4, 0.5) is 0 Å². The highest BCUT2D eigenvalue weighted by molar-refractivity contribution is 5.99. The quantitative estimate of drug-likeness (QED) is 0.141. The lowest BCUT2D eigenvalue weighted by atomic mass is 9.95. The van der Waals surface area contributed by atoms with Crippen LogP contribution < -0.4 is 15.4 Å². The molecule has 13 atom stereocenters. The van der Waals surface area contributed by atoms with E-state index in [-0.39, 0.29) is 43.6 Å². The molecule has 9 amide bonds. The van der Waals surface area contributed by atoms with Gasteiger partial charge in [-0.05, 0) is 95.0 Å². The van der Waals surface area contributed by atoms with Crippen LogP contribution in [0.2, 0.25) is 0 Å². The second-order valence-corrected chi connectivity index (χ2v) is 26.1. The zero-order chi connectivity index (χ0) is 70.0. The van der Waals surface area contributed by atoms with E-state index in [0.29, 0.717) is 17.7 Å². The Kier molecular flexibility index (Phi) is 32.0. The molecule has 0 spiro atoms. The summed E-state index contributed by atoms with van der Waals surface area (Å²) in [6.45, 7) is 21.4. The fraction of sp³-hybridized carbons (Fsp3) is 0.738. The number of hydrogen-bond acceptors (Lipinski definition) is 17. The van der Waals surface area contributed by atoms with Gasteiger partial charge in [0.15, 0.2) is 6.10 Å². The minimum Gasteiger partial charge on any atom is -0.497 e. The molecule has 2 N–H and O–H groups in total. The molecule has 1 saturated heterocycles. The number of esters is 2. The lowest BCUT2D eigenvalue weighted by molar-refractivity contribution is -0.171. The number of ether oxygens (including phenoxy) is 5. The monoisotopic (exact) mass is 1290 g/mol. The number of carbonyl (C=O) groups is 11. The molecular weight excluding hydrogens is 1180 g/mol. The van der Waals surface area contributed by atoms with Gasteiger partial charge >= 0.3 is 11.9 Å². The molecule has 0 bridgehead atoms. The van der Waals surface area contributed by atoms with Crippen LogP contribution in [-0.2, 0) is 78.1 Å². The molecule has 4 unspecified atom stereocenters. The third kappa shape index (κ3) is 21.0. The van der Waals surface area contributed by atoms with E-state index >= 15 is 19.2 Å². The van der Waals surface area contributed by atoms with E-state index in [9.17, 15) is 33.6 Å². The number of nitrogens with zero attached hydrogens (tertiary/aromatic N) is 8. The molecule has 1 heterocycles. The summed E-state index contributed by atoms with van der Waals surface area (Å²) in [5.74, 6) is -9.68. The molecule has 1 fully saturated rings. The average Bonchev–Trinajstić information content (AvgIpc) is 0.922. The van der Waals surface area contributed by atoms with Gasteiger partial charge in [0.25, 0.3) is 5.91 Å². The minimum atomic E-state index is -1.79. The third-order valence-corrected chi connectivity index (χ3v) is 17.2. The minimum absolute atomic E-state index is 0.00735. The van der Waals surface area contributed by atoms with Gasteiger partial charge in [0.05, 0.1) is 20.3 Å². The maximum atomic E-state index is 15.6. The molecule has 1 aromatic rings. The van der Waals surface area contributed by atoms with Crippen molar-refractivity contribution in [3.63, 3.8) is 0 Å². The predicted molar refractivity (Wildman–Crippen MR) is 343 cm³/mol. The number of rotatable bonds is 24. The van der Waals surface area contributed by atoms with Gasteiger partial charge < -0.3 is 68.6 Å². The molecule has 0 aromatic heterocycles. The lowest BCUT2D eigenvalue weighted by Gasteiger charge is -2.41. The fourth-order valence-corrected chi connectivity index (χ4v) is 11.3. The van der Waals surface area contributed by atoms with Crippen molar-refractivity contribution in [2.75, 3.05) is 98.0 Å². The molecular formula is C65H110N10O16. The molecule has 2 rings (SSSR count). The Morgan fingerprint density at radius 1 is 0.626 bits per heavy atom. The Labute approximate surface area is 540 Å². The number of nitrogens with one attached hydrogen (secondary N) is 2. The van der Waals surface area contributed by atoms with Crippen LogP contribution in [0.5, 0.6) is 5.75 Å². The second-order valence-electron chi connectivity index (χ2n) is 26.1. The molecule has 1 aliphatic rings. The standard InChI is InChI=1S/C65H110N10O16/c1-26-40(10)52-56(77)66-41(11)57(78)70(17)47(31-36(2)3)55(76)67-46(33-44-27-29-45(89-25)30-28-44)58(79)69(16)42(12)64(85)90-43(13)53(62(83)72(19)50(35-88-24)61(82)74(52)21)75(22)59(80)48(32-37(4)5)71(18)60(81)49(34-87-23)73(20)63(84)54(39(8)9)91-65(86)51(38(6)7)68(14)15/h27-30,36-43,46-54H,26,31-35H2,1-25H3,(H,66,77)(H,67,76)/t40?,41-,42?,43+,46-,47-,48-,49-,50?,51?,52-,53-,54-/m0/s1. The summed E-state index contributed by atoms with van der Waals surface area (Å²) >= 11 is 0. The van der Waals surface area contributed by atoms with Crippen LogP contribution >= 0.6 is 0 Å². The van der Waals surface area contributed by atoms with E-state index in [2.05, 4.69) is 10.6 Å². The van der Waals surface area contributed by atoms with Crippen LogP contribution in [0.15, 0.2) is 24.3 Å². The first kappa shape index (κ1) is 80.2. The molecule has 26 heteroatoms. The van der Waals surface area contributed by atoms with Crippen LogP contribution in [0.25, 0.3) is 0 Å². The van der Waals surface area contributed by atoms with E-state index in [1.54, 1.807) is 64.0 Å². The van der Waals surface area contributed by atoms with Gasteiger partial charge in [-0.25, -0.2) is 4.79 Å². The Bertz CT molecular complexity index is 2630. The van der Waals surface area contributed by atoms with Crippen molar-refractivity contribution in [1.29, 1.82) is 0 Å². The summed E-state index contributed by atoms with van der Waals surface area (Å²) in [5.41, 5.74) is 0.597. The Morgan fingerprint density at radius 3 is 1.67 bits per heavy atom. The molecule has 516 valence electrons. The maximum Gasteiger partial charge on any atom is 0.328 e. The third-order valence-electron chi connectivity index (χ3n) is 17.2. The van der Waals surface area contributed by atoms with Crippen molar-refractivity contribution in [3.8, 4) is 5.75 Å². The molecule has 0 saturated carbocycles. The summed E-state index contributed by atoms with van der Waals surface area (Å²) in [4.78, 5) is 172. The SMILES string of the molecule is CCC(C)[C@H]1C(=O)N[C@@H](C)C(=O)N(C)[C@@H](CC(C)C)C(=O)N[C@@H](Cc2ccc(OC)cc2)C(=O)N(C)C(C)C(=O)O[C@H](C)[C@H](N(C)C(=O)[C@H](CC(C)C)N(C)C(=O)[C@H](COC)N(C)C(=O)[C@@H](OC(=O)C(C(C)C)N(C)C)C(C)C)C(=O)N(C)C(COC)C(=O)N1C. The largest absolute Gasteiger partial charge is 0.497 e. The molecule has 1 aliphatic heterocycles. The van der Waals surface area contributed by atoms with Crippen molar-refractivity contribution in [1.82, 2.24) is 49.8 Å². The van der Waals surface area contributed by atoms with Gasteiger partial charge in [-0.15, -0.1) is 0 Å². The van der Waals surface area contributed by atoms with Crippen LogP contribution in [0.1, 0.15) is 115 Å². The van der Waals surface area contributed by atoms with E-state index in [1.807, 2.05) is 48.5 Å². The van der Waals surface area contributed by atoms with Crippen LogP contribution in [-0.4, -0.2) is 275 Å². The van der Waals surface area contributed by atoms with Crippen molar-refractivity contribution in [2.45, 2.75) is 188 Å². The molecule has 0 aliphatic carbocycles. The van der Waals surface area contributed by atoms with Gasteiger partial charge in [0.1, 0.15) is 72.3 Å². The molecule has 26 nitrogen and oxygen atoms in total. The van der Waals surface area contributed by atoms with Crippen LogP contribution in [0, 0.1) is 29.6 Å². The normalized spacial score (nSPS) is 23.3. The first-order valence-corrected chi connectivity index (χ1v) is 31.4. The number of methoxy groups -OCH3 is 3. The number of amides is 9. The highest BCUT2D eigenvalue weighted by Gasteiger charge is 2.47. The smallest absolute Gasteiger partial charge is 0.328 e. The van der Waals surface area contributed by atoms with E-state index in [4.69, 9.17) is 23.7 Å². The zero-order valence-electron chi connectivity index (χ0n) is 59.0.